The summed E-state index contributed by atoms with van der Waals surface area (Å²) in [4.78, 5) is 24.8. The third-order valence-electron chi connectivity index (χ3n) is 2.78. The molecule has 0 fully saturated rings. The van der Waals surface area contributed by atoms with Crippen LogP contribution in [0.15, 0.2) is 6.07 Å². The minimum Gasteiger partial charge on any atom is -0.469 e. The van der Waals surface area contributed by atoms with Gasteiger partial charge in [-0.3, -0.25) is 9.59 Å². The number of nitrogens with zero attached hydrogens (tertiary/aromatic N) is 3. The van der Waals surface area contributed by atoms with Crippen molar-refractivity contribution in [2.75, 3.05) is 20.7 Å². The van der Waals surface area contributed by atoms with E-state index in [1.165, 1.54) is 12.0 Å². The van der Waals surface area contributed by atoms with E-state index in [0.717, 1.165) is 0 Å². The standard InChI is InChI=1S/C13H19N3O3/c1-5-11-10(8-9(2)14-15-11)13(18)16(3)7-6-12(17)19-4/h8H,5-7H2,1-4H3. The van der Waals surface area contributed by atoms with E-state index in [2.05, 4.69) is 14.9 Å². The fourth-order valence-electron chi connectivity index (χ4n) is 1.63. The van der Waals surface area contributed by atoms with Crippen LogP contribution in [-0.2, 0) is 16.0 Å². The van der Waals surface area contributed by atoms with Crippen molar-refractivity contribution in [2.45, 2.75) is 26.7 Å². The Kier molecular flexibility index (Phi) is 5.41. The minimum absolute atomic E-state index is 0.154. The third kappa shape index (κ3) is 4.01. The predicted molar refractivity (Wildman–Crippen MR) is 69.7 cm³/mol. The Balaban J connectivity index is 2.81. The van der Waals surface area contributed by atoms with Gasteiger partial charge in [-0.05, 0) is 19.4 Å². The summed E-state index contributed by atoms with van der Waals surface area (Å²) < 4.78 is 4.55. The fraction of sp³-hybridized carbons (Fsp3) is 0.538. The van der Waals surface area contributed by atoms with E-state index in [0.29, 0.717) is 29.9 Å². The second-order valence-electron chi connectivity index (χ2n) is 4.25. The summed E-state index contributed by atoms with van der Waals surface area (Å²) in [5.41, 5.74) is 1.91. The van der Waals surface area contributed by atoms with Gasteiger partial charge >= 0.3 is 5.97 Å². The van der Waals surface area contributed by atoms with E-state index >= 15 is 0 Å². The first-order chi connectivity index (χ1) is 8.99. The molecule has 0 aliphatic carbocycles. The molecule has 1 rings (SSSR count). The average molecular weight is 265 g/mol. The van der Waals surface area contributed by atoms with E-state index in [-0.39, 0.29) is 18.3 Å². The van der Waals surface area contributed by atoms with Crippen LogP contribution in [0.5, 0.6) is 0 Å². The Hall–Kier alpha value is -1.98. The molecule has 0 saturated heterocycles. The number of hydrogen-bond acceptors (Lipinski definition) is 5. The van der Waals surface area contributed by atoms with Crippen LogP contribution in [0.1, 0.15) is 35.1 Å². The average Bonchev–Trinajstić information content (AvgIpc) is 2.43. The van der Waals surface area contributed by atoms with Gasteiger partial charge in [-0.15, -0.1) is 0 Å². The number of rotatable bonds is 5. The topological polar surface area (TPSA) is 72.4 Å². The van der Waals surface area contributed by atoms with E-state index in [9.17, 15) is 9.59 Å². The first kappa shape index (κ1) is 15.1. The molecule has 0 aromatic carbocycles. The Morgan fingerprint density at radius 2 is 2.05 bits per heavy atom. The lowest BCUT2D eigenvalue weighted by atomic mass is 10.1. The SMILES string of the molecule is CCc1nnc(C)cc1C(=O)N(C)CCC(=O)OC. The number of esters is 1. The van der Waals surface area contributed by atoms with E-state index < -0.39 is 0 Å². The van der Waals surface area contributed by atoms with Crippen LogP contribution in [0.3, 0.4) is 0 Å². The molecule has 1 aromatic rings. The van der Waals surface area contributed by atoms with Crippen molar-refractivity contribution in [3.8, 4) is 0 Å². The normalized spacial score (nSPS) is 10.1. The molecule has 0 aliphatic heterocycles. The zero-order valence-corrected chi connectivity index (χ0v) is 11.8. The summed E-state index contributed by atoms with van der Waals surface area (Å²) in [5, 5.41) is 7.97. The number of hydrogen-bond donors (Lipinski definition) is 0. The number of carbonyl (C=O) groups excluding carboxylic acids is 2. The molecule has 1 heterocycles. The predicted octanol–water partition coefficient (Wildman–Crippen LogP) is 0.983. The van der Waals surface area contributed by atoms with Crippen molar-refractivity contribution < 1.29 is 14.3 Å². The van der Waals surface area contributed by atoms with Crippen LogP contribution < -0.4 is 0 Å². The van der Waals surface area contributed by atoms with Crippen molar-refractivity contribution in [2.24, 2.45) is 0 Å². The summed E-state index contributed by atoms with van der Waals surface area (Å²) in [6, 6.07) is 1.73. The van der Waals surface area contributed by atoms with Crippen LogP contribution in [0.2, 0.25) is 0 Å². The summed E-state index contributed by atoms with van der Waals surface area (Å²) in [7, 11) is 2.98. The van der Waals surface area contributed by atoms with Gasteiger partial charge in [0, 0.05) is 13.6 Å². The van der Waals surface area contributed by atoms with Gasteiger partial charge in [-0.2, -0.15) is 10.2 Å². The quantitative estimate of drug-likeness (QED) is 0.742. The zero-order chi connectivity index (χ0) is 14.4. The Morgan fingerprint density at radius 1 is 1.37 bits per heavy atom. The number of aryl methyl sites for hydroxylation is 2. The lowest BCUT2D eigenvalue weighted by molar-refractivity contribution is -0.140. The number of amides is 1. The molecule has 0 bridgehead atoms. The molecular formula is C13H19N3O3. The molecule has 0 N–H and O–H groups in total. The molecule has 1 amide bonds. The van der Waals surface area contributed by atoms with Crippen molar-refractivity contribution >= 4 is 11.9 Å². The lowest BCUT2D eigenvalue weighted by Gasteiger charge is -2.17. The number of carbonyl (C=O) groups is 2. The van der Waals surface area contributed by atoms with Gasteiger partial charge < -0.3 is 9.64 Å². The first-order valence-corrected chi connectivity index (χ1v) is 6.15. The Labute approximate surface area is 112 Å². The number of ether oxygens (including phenoxy) is 1. The van der Waals surface area contributed by atoms with Gasteiger partial charge in [-0.25, -0.2) is 0 Å². The van der Waals surface area contributed by atoms with E-state index in [4.69, 9.17) is 0 Å². The smallest absolute Gasteiger partial charge is 0.307 e. The minimum atomic E-state index is -0.334. The molecule has 0 spiro atoms. The number of methoxy groups -OCH3 is 1. The number of aromatic nitrogens is 2. The van der Waals surface area contributed by atoms with Crippen LogP contribution >= 0.6 is 0 Å². The van der Waals surface area contributed by atoms with Crippen LogP contribution in [0.4, 0.5) is 0 Å². The maximum absolute atomic E-state index is 12.3. The van der Waals surface area contributed by atoms with Crippen LogP contribution in [0, 0.1) is 6.92 Å². The van der Waals surface area contributed by atoms with Crippen LogP contribution in [-0.4, -0.2) is 47.7 Å². The maximum Gasteiger partial charge on any atom is 0.307 e. The second-order valence-corrected chi connectivity index (χ2v) is 4.25. The molecule has 0 atom stereocenters. The Bertz CT molecular complexity index is 474. The van der Waals surface area contributed by atoms with Crippen molar-refractivity contribution in [3.63, 3.8) is 0 Å². The molecule has 0 radical (unpaired) electrons. The highest BCUT2D eigenvalue weighted by Crippen LogP contribution is 2.10. The van der Waals surface area contributed by atoms with Crippen LogP contribution in [0.25, 0.3) is 0 Å². The summed E-state index contributed by atoms with van der Waals surface area (Å²) in [6.07, 6.45) is 0.816. The zero-order valence-electron chi connectivity index (χ0n) is 11.8. The van der Waals surface area contributed by atoms with Gasteiger partial charge in [0.25, 0.3) is 5.91 Å². The van der Waals surface area contributed by atoms with Gasteiger partial charge in [0.2, 0.25) is 0 Å². The highest BCUT2D eigenvalue weighted by Gasteiger charge is 2.17. The molecule has 104 valence electrons. The first-order valence-electron chi connectivity index (χ1n) is 6.15. The molecule has 0 aliphatic rings. The summed E-state index contributed by atoms with van der Waals surface area (Å²) in [5.74, 6) is -0.488. The molecule has 0 saturated carbocycles. The van der Waals surface area contributed by atoms with E-state index in [1.807, 2.05) is 6.92 Å². The van der Waals surface area contributed by atoms with Crippen molar-refractivity contribution in [3.05, 3.63) is 23.0 Å². The monoisotopic (exact) mass is 265 g/mol. The molecule has 0 unspecified atom stereocenters. The summed E-state index contributed by atoms with van der Waals surface area (Å²) in [6.45, 7) is 4.03. The molecular weight excluding hydrogens is 246 g/mol. The highest BCUT2D eigenvalue weighted by atomic mass is 16.5. The lowest BCUT2D eigenvalue weighted by Crippen LogP contribution is -2.30. The summed E-state index contributed by atoms with van der Waals surface area (Å²) >= 11 is 0. The molecule has 6 nitrogen and oxygen atoms in total. The fourth-order valence-corrected chi connectivity index (χ4v) is 1.63. The highest BCUT2D eigenvalue weighted by molar-refractivity contribution is 5.95. The van der Waals surface area contributed by atoms with Crippen molar-refractivity contribution in [1.82, 2.24) is 15.1 Å². The van der Waals surface area contributed by atoms with Gasteiger partial charge in [0.1, 0.15) is 0 Å². The second kappa shape index (κ2) is 6.82. The molecule has 19 heavy (non-hydrogen) atoms. The van der Waals surface area contributed by atoms with E-state index in [1.54, 1.807) is 20.0 Å². The molecule has 1 aromatic heterocycles. The maximum atomic E-state index is 12.3. The third-order valence-corrected chi connectivity index (χ3v) is 2.78. The molecule has 6 heteroatoms. The van der Waals surface area contributed by atoms with Crippen molar-refractivity contribution in [1.29, 1.82) is 0 Å². The van der Waals surface area contributed by atoms with Gasteiger partial charge in [0.05, 0.1) is 30.5 Å². The van der Waals surface area contributed by atoms with Gasteiger partial charge in [0.15, 0.2) is 0 Å². The largest absolute Gasteiger partial charge is 0.469 e. The Morgan fingerprint density at radius 3 is 2.63 bits per heavy atom. The van der Waals surface area contributed by atoms with Gasteiger partial charge in [-0.1, -0.05) is 6.92 Å².